The zero-order valence-corrected chi connectivity index (χ0v) is 11.8. The van der Waals surface area contributed by atoms with Crippen LogP contribution in [0.15, 0.2) is 36.5 Å². The molecule has 1 N–H and O–H groups in total. The number of nitrogens with one attached hydrogen (secondary N) is 1. The molecule has 0 atom stereocenters. The molecule has 3 aromatic rings. The Bertz CT molecular complexity index is 710. The molecule has 0 bridgehead atoms. The van der Waals surface area contributed by atoms with Crippen molar-refractivity contribution in [2.75, 3.05) is 18.5 Å². The number of likely N-dealkylation sites (N-methyl/N-ethyl adjacent to an activating group) is 1. The maximum absolute atomic E-state index is 5.95. The highest BCUT2D eigenvalue weighted by Gasteiger charge is 2.12. The number of aromatic nitrogens is 4. The predicted octanol–water partition coefficient (Wildman–Crippen LogP) is 2.69. The van der Waals surface area contributed by atoms with Crippen LogP contribution in [0.25, 0.3) is 11.0 Å². The maximum Gasteiger partial charge on any atom is 0.226 e. The lowest BCUT2D eigenvalue weighted by atomic mass is 10.1. The van der Waals surface area contributed by atoms with Gasteiger partial charge in [0.15, 0.2) is 5.65 Å². The van der Waals surface area contributed by atoms with E-state index in [4.69, 9.17) is 11.6 Å². The molecule has 2 aromatic heterocycles. The first kappa shape index (κ1) is 12.9. The molecule has 0 radical (unpaired) electrons. The molecule has 5 nitrogen and oxygen atoms in total. The average molecular weight is 288 g/mol. The minimum atomic E-state index is 0.225. The van der Waals surface area contributed by atoms with E-state index in [2.05, 4.69) is 37.2 Å². The van der Waals surface area contributed by atoms with Crippen LogP contribution in [-0.4, -0.2) is 33.8 Å². The van der Waals surface area contributed by atoms with E-state index in [0.717, 1.165) is 24.2 Å². The second-order valence-corrected chi connectivity index (χ2v) is 4.94. The van der Waals surface area contributed by atoms with Crippen LogP contribution in [0, 0.1) is 0 Å². The Labute approximate surface area is 121 Å². The largest absolute Gasteiger partial charge is 0.359 e. The summed E-state index contributed by atoms with van der Waals surface area (Å²) in [6, 6.07) is 10.4. The lowest BCUT2D eigenvalue weighted by Gasteiger charge is -2.18. The van der Waals surface area contributed by atoms with E-state index in [1.54, 1.807) is 6.20 Å². The number of anilines is 1. The molecule has 0 fully saturated rings. The van der Waals surface area contributed by atoms with Crippen LogP contribution >= 0.6 is 11.6 Å². The van der Waals surface area contributed by atoms with Crippen molar-refractivity contribution in [3.8, 4) is 0 Å². The van der Waals surface area contributed by atoms with Crippen molar-refractivity contribution in [3.63, 3.8) is 0 Å². The molecule has 2 heterocycles. The van der Waals surface area contributed by atoms with E-state index in [1.807, 2.05) is 25.2 Å². The van der Waals surface area contributed by atoms with E-state index in [-0.39, 0.29) is 5.28 Å². The average Bonchev–Trinajstić information content (AvgIpc) is 2.93. The topological polar surface area (TPSA) is 57.7 Å². The number of H-pyrrole nitrogens is 1. The van der Waals surface area contributed by atoms with Crippen LogP contribution < -0.4 is 4.90 Å². The van der Waals surface area contributed by atoms with Crippen molar-refractivity contribution < 1.29 is 0 Å². The smallest absolute Gasteiger partial charge is 0.226 e. The van der Waals surface area contributed by atoms with Gasteiger partial charge in [-0.25, -0.2) is 0 Å². The summed E-state index contributed by atoms with van der Waals surface area (Å²) < 4.78 is 0. The van der Waals surface area contributed by atoms with Gasteiger partial charge in [0.2, 0.25) is 5.28 Å². The molecule has 6 heteroatoms. The van der Waals surface area contributed by atoms with Gasteiger partial charge < -0.3 is 4.90 Å². The molecule has 0 saturated heterocycles. The summed E-state index contributed by atoms with van der Waals surface area (Å²) >= 11 is 5.95. The van der Waals surface area contributed by atoms with Gasteiger partial charge in [0, 0.05) is 13.6 Å². The van der Waals surface area contributed by atoms with Crippen LogP contribution in [0.1, 0.15) is 5.56 Å². The van der Waals surface area contributed by atoms with Gasteiger partial charge in [0.25, 0.3) is 0 Å². The lowest BCUT2D eigenvalue weighted by molar-refractivity contribution is 0.862. The van der Waals surface area contributed by atoms with Gasteiger partial charge >= 0.3 is 0 Å². The Morgan fingerprint density at radius 2 is 2.00 bits per heavy atom. The van der Waals surface area contributed by atoms with Crippen molar-refractivity contribution in [1.82, 2.24) is 20.2 Å². The Hall–Kier alpha value is -2.14. The fourth-order valence-corrected chi connectivity index (χ4v) is 2.30. The zero-order valence-electron chi connectivity index (χ0n) is 11.0. The number of halogens is 1. The number of benzene rings is 1. The quantitative estimate of drug-likeness (QED) is 0.750. The van der Waals surface area contributed by atoms with Gasteiger partial charge in [-0.1, -0.05) is 30.3 Å². The number of fused-ring (bicyclic) bond motifs is 1. The normalized spacial score (nSPS) is 10.9. The Kier molecular flexibility index (Phi) is 3.52. The number of hydrogen-bond donors (Lipinski definition) is 1. The van der Waals surface area contributed by atoms with E-state index >= 15 is 0 Å². The second-order valence-electron chi connectivity index (χ2n) is 4.61. The first-order chi connectivity index (χ1) is 9.74. The van der Waals surface area contributed by atoms with E-state index in [1.165, 1.54) is 5.56 Å². The first-order valence-electron chi connectivity index (χ1n) is 6.36. The fourth-order valence-electron chi connectivity index (χ4n) is 2.13. The number of aromatic amines is 1. The number of nitrogens with zero attached hydrogens (tertiary/aromatic N) is 4. The molecule has 0 amide bonds. The third-order valence-electron chi connectivity index (χ3n) is 3.20. The molecule has 0 unspecified atom stereocenters. The Morgan fingerprint density at radius 1 is 1.20 bits per heavy atom. The molecule has 0 aliphatic rings. The summed E-state index contributed by atoms with van der Waals surface area (Å²) in [5, 5.41) is 7.91. The van der Waals surface area contributed by atoms with Gasteiger partial charge in [-0.3, -0.25) is 5.10 Å². The van der Waals surface area contributed by atoms with Gasteiger partial charge in [0.05, 0.1) is 11.6 Å². The third-order valence-corrected chi connectivity index (χ3v) is 3.37. The standard InChI is InChI=1S/C14H14ClN5/c1-20(8-7-10-5-3-2-4-6-10)13-11-9-16-19-12(11)17-14(15)18-13/h2-6,9H,7-8H2,1H3,(H,16,17,18,19). The lowest BCUT2D eigenvalue weighted by Crippen LogP contribution is -2.21. The number of hydrogen-bond acceptors (Lipinski definition) is 4. The third kappa shape index (κ3) is 2.58. The van der Waals surface area contributed by atoms with Crippen molar-refractivity contribution >= 4 is 28.5 Å². The van der Waals surface area contributed by atoms with Crippen molar-refractivity contribution in [2.24, 2.45) is 0 Å². The molecule has 0 spiro atoms. The first-order valence-corrected chi connectivity index (χ1v) is 6.73. The minimum Gasteiger partial charge on any atom is -0.359 e. The molecule has 20 heavy (non-hydrogen) atoms. The molecule has 0 saturated carbocycles. The van der Waals surface area contributed by atoms with Crippen LogP contribution in [0.4, 0.5) is 5.82 Å². The highest BCUT2D eigenvalue weighted by molar-refractivity contribution is 6.28. The monoisotopic (exact) mass is 287 g/mol. The molecule has 0 aliphatic carbocycles. The Morgan fingerprint density at radius 3 is 2.80 bits per heavy atom. The zero-order chi connectivity index (χ0) is 13.9. The van der Waals surface area contributed by atoms with Crippen molar-refractivity contribution in [2.45, 2.75) is 6.42 Å². The van der Waals surface area contributed by atoms with Gasteiger partial charge in [-0.2, -0.15) is 15.1 Å². The summed E-state index contributed by atoms with van der Waals surface area (Å²) in [6.07, 6.45) is 2.66. The van der Waals surface area contributed by atoms with Crippen LogP contribution in [0.2, 0.25) is 5.28 Å². The highest BCUT2D eigenvalue weighted by Crippen LogP contribution is 2.23. The predicted molar refractivity (Wildman–Crippen MR) is 80.1 cm³/mol. The molecule has 102 valence electrons. The van der Waals surface area contributed by atoms with Crippen LogP contribution in [-0.2, 0) is 6.42 Å². The molecule has 0 aliphatic heterocycles. The van der Waals surface area contributed by atoms with Crippen molar-refractivity contribution in [1.29, 1.82) is 0 Å². The molecule has 3 rings (SSSR count). The number of rotatable bonds is 4. The van der Waals surface area contributed by atoms with Crippen LogP contribution in [0.3, 0.4) is 0 Å². The van der Waals surface area contributed by atoms with Crippen LogP contribution in [0.5, 0.6) is 0 Å². The fraction of sp³-hybridized carbons (Fsp3) is 0.214. The van der Waals surface area contributed by atoms with E-state index < -0.39 is 0 Å². The van der Waals surface area contributed by atoms with Gasteiger partial charge in [-0.15, -0.1) is 0 Å². The summed E-state index contributed by atoms with van der Waals surface area (Å²) in [5.41, 5.74) is 1.95. The van der Waals surface area contributed by atoms with E-state index in [9.17, 15) is 0 Å². The second kappa shape index (κ2) is 5.46. The van der Waals surface area contributed by atoms with Gasteiger partial charge in [0.1, 0.15) is 5.82 Å². The highest BCUT2D eigenvalue weighted by atomic mass is 35.5. The Balaban J connectivity index is 1.82. The summed E-state index contributed by atoms with van der Waals surface area (Å²) in [7, 11) is 1.99. The SMILES string of the molecule is CN(CCc1ccccc1)c1nc(Cl)nc2[nH]ncc12. The molecule has 1 aromatic carbocycles. The van der Waals surface area contributed by atoms with E-state index in [0.29, 0.717) is 5.65 Å². The summed E-state index contributed by atoms with van der Waals surface area (Å²) in [4.78, 5) is 10.5. The van der Waals surface area contributed by atoms with Crippen molar-refractivity contribution in [3.05, 3.63) is 47.4 Å². The molecular formula is C14H14ClN5. The molecular weight excluding hydrogens is 274 g/mol. The maximum atomic E-state index is 5.95. The minimum absolute atomic E-state index is 0.225. The van der Waals surface area contributed by atoms with Gasteiger partial charge in [-0.05, 0) is 23.6 Å². The summed E-state index contributed by atoms with van der Waals surface area (Å²) in [5.74, 6) is 0.796. The summed E-state index contributed by atoms with van der Waals surface area (Å²) in [6.45, 7) is 0.845.